The van der Waals surface area contributed by atoms with Crippen molar-refractivity contribution in [2.75, 3.05) is 0 Å². The van der Waals surface area contributed by atoms with Gasteiger partial charge in [-0.3, -0.25) is 0 Å². The van der Waals surface area contributed by atoms with Crippen LogP contribution in [0.1, 0.15) is 58.8 Å². The molecule has 0 aromatic rings. The minimum Gasteiger partial charge on any atom is -0.392 e. The molecule has 4 bridgehead atoms. The Morgan fingerprint density at radius 1 is 1.24 bits per heavy atom. The van der Waals surface area contributed by atoms with Crippen molar-refractivity contribution in [1.29, 1.82) is 0 Å². The van der Waals surface area contributed by atoms with Crippen LogP contribution in [0, 0.1) is 34.5 Å². The van der Waals surface area contributed by atoms with E-state index < -0.39 is 0 Å². The zero-order valence-electron chi connectivity index (χ0n) is 11.1. The van der Waals surface area contributed by atoms with E-state index in [1.165, 1.54) is 38.5 Å². The Morgan fingerprint density at radius 3 is 2.41 bits per heavy atom. The molecule has 0 aliphatic heterocycles. The van der Waals surface area contributed by atoms with Crippen LogP contribution in [0.2, 0.25) is 0 Å². The second kappa shape index (κ2) is 3.75. The molecular weight excluding hydrogens is 208 g/mol. The maximum Gasteiger partial charge on any atom is 0.0705 e. The van der Waals surface area contributed by atoms with Gasteiger partial charge in [0.15, 0.2) is 0 Å². The summed E-state index contributed by atoms with van der Waals surface area (Å²) in [6, 6.07) is 0. The number of hydrogen-bond acceptors (Lipinski definition) is 1. The molecule has 1 N–H and O–H groups in total. The molecule has 0 saturated heterocycles. The third kappa shape index (κ3) is 1.82. The van der Waals surface area contributed by atoms with Crippen molar-refractivity contribution in [3.63, 3.8) is 0 Å². The molecule has 94 valence electrons. The van der Waals surface area contributed by atoms with Crippen molar-refractivity contribution in [3.05, 3.63) is 0 Å². The molecule has 4 aliphatic rings. The number of rotatable bonds is 2. The normalized spacial score (nSPS) is 48.6. The van der Waals surface area contributed by atoms with Crippen molar-refractivity contribution < 1.29 is 5.11 Å². The van der Waals surface area contributed by atoms with Crippen molar-refractivity contribution in [2.24, 2.45) is 22.7 Å². The molecular formula is C16H24O. The van der Waals surface area contributed by atoms with Crippen LogP contribution in [0.15, 0.2) is 0 Å². The smallest absolute Gasteiger partial charge is 0.0705 e. The fraction of sp³-hybridized carbons (Fsp3) is 0.875. The van der Waals surface area contributed by atoms with Gasteiger partial charge in [-0.2, -0.15) is 0 Å². The van der Waals surface area contributed by atoms with Crippen LogP contribution in [0.5, 0.6) is 0 Å². The van der Waals surface area contributed by atoms with Crippen LogP contribution >= 0.6 is 0 Å². The Labute approximate surface area is 105 Å². The number of aliphatic hydroxyl groups is 1. The second-order valence-electron chi connectivity index (χ2n) is 7.28. The van der Waals surface area contributed by atoms with Crippen LogP contribution < -0.4 is 0 Å². The van der Waals surface area contributed by atoms with Crippen LogP contribution in [0.3, 0.4) is 0 Å². The van der Waals surface area contributed by atoms with Gasteiger partial charge in [-0.15, -0.1) is 11.8 Å². The first kappa shape index (κ1) is 11.6. The molecule has 0 aromatic carbocycles. The predicted molar refractivity (Wildman–Crippen MR) is 69.3 cm³/mol. The minimum atomic E-state index is -0.180. The maximum atomic E-state index is 10.6. The molecule has 1 nitrogen and oxygen atoms in total. The van der Waals surface area contributed by atoms with Crippen LogP contribution in [-0.4, -0.2) is 11.2 Å². The molecule has 0 aromatic heterocycles. The second-order valence-corrected chi connectivity index (χ2v) is 7.28. The van der Waals surface area contributed by atoms with E-state index in [2.05, 4.69) is 18.8 Å². The highest BCUT2D eigenvalue weighted by atomic mass is 16.3. The van der Waals surface area contributed by atoms with Gasteiger partial charge >= 0.3 is 0 Å². The molecule has 4 aliphatic carbocycles. The quantitative estimate of drug-likeness (QED) is 0.724. The lowest BCUT2D eigenvalue weighted by atomic mass is 9.43. The van der Waals surface area contributed by atoms with E-state index in [0.29, 0.717) is 11.8 Å². The van der Waals surface area contributed by atoms with Crippen LogP contribution in [0.4, 0.5) is 0 Å². The molecule has 0 heterocycles. The van der Waals surface area contributed by atoms with Gasteiger partial charge in [-0.1, -0.05) is 6.92 Å². The highest BCUT2D eigenvalue weighted by Crippen LogP contribution is 2.66. The maximum absolute atomic E-state index is 10.6. The van der Waals surface area contributed by atoms with Gasteiger partial charge in [0.1, 0.15) is 0 Å². The average molecular weight is 232 g/mol. The first-order valence-electron chi connectivity index (χ1n) is 7.13. The summed E-state index contributed by atoms with van der Waals surface area (Å²) in [6.45, 7) is 4.32. The van der Waals surface area contributed by atoms with E-state index in [-0.39, 0.29) is 11.5 Å². The molecule has 4 fully saturated rings. The molecule has 17 heavy (non-hydrogen) atoms. The van der Waals surface area contributed by atoms with Gasteiger partial charge in [0.05, 0.1) is 6.10 Å². The van der Waals surface area contributed by atoms with Gasteiger partial charge in [0.25, 0.3) is 0 Å². The molecule has 4 saturated carbocycles. The van der Waals surface area contributed by atoms with Gasteiger partial charge in [-0.05, 0) is 68.1 Å². The highest BCUT2D eigenvalue weighted by Gasteiger charge is 2.57. The Balaban J connectivity index is 1.84. The zero-order valence-corrected chi connectivity index (χ0v) is 11.1. The summed E-state index contributed by atoms with van der Waals surface area (Å²) in [7, 11) is 0. The Morgan fingerprint density at radius 2 is 1.88 bits per heavy atom. The van der Waals surface area contributed by atoms with Crippen molar-refractivity contribution in [2.45, 2.75) is 64.9 Å². The summed E-state index contributed by atoms with van der Waals surface area (Å²) in [5, 5.41) is 10.6. The summed E-state index contributed by atoms with van der Waals surface area (Å²) in [5.74, 6) is 7.80. The fourth-order valence-corrected chi connectivity index (χ4v) is 5.60. The van der Waals surface area contributed by atoms with E-state index in [4.69, 9.17) is 0 Å². The standard InChI is InChI=1S/C16H24O/c1-3-4-5-14(17)16-9-12-6-13(10-16)8-15(2,7-12)11-16/h12-14,17H,5-11H2,1-2H3. The SMILES string of the molecule is CC#CCC(O)C12CC3CC(CC(C)(C3)C1)C2. The Kier molecular flexibility index (Phi) is 2.56. The lowest BCUT2D eigenvalue weighted by Gasteiger charge is -2.62. The highest BCUT2D eigenvalue weighted by molar-refractivity contribution is 5.10. The summed E-state index contributed by atoms with van der Waals surface area (Å²) in [4.78, 5) is 0. The minimum absolute atomic E-state index is 0.180. The molecule has 3 atom stereocenters. The molecule has 3 unspecified atom stereocenters. The zero-order chi connectivity index (χ0) is 12.1. The fourth-order valence-electron chi connectivity index (χ4n) is 5.60. The number of aliphatic hydroxyl groups excluding tert-OH is 1. The lowest BCUT2D eigenvalue weighted by Crippen LogP contribution is -2.55. The van der Waals surface area contributed by atoms with Gasteiger partial charge < -0.3 is 5.11 Å². The van der Waals surface area contributed by atoms with Crippen LogP contribution in [0.25, 0.3) is 0 Å². The van der Waals surface area contributed by atoms with E-state index in [1.807, 2.05) is 6.92 Å². The first-order chi connectivity index (χ1) is 8.05. The summed E-state index contributed by atoms with van der Waals surface area (Å²) in [5.41, 5.74) is 0.757. The third-order valence-corrected chi connectivity index (χ3v) is 5.58. The Hall–Kier alpha value is -0.480. The predicted octanol–water partition coefficient (Wildman–Crippen LogP) is 3.37. The van der Waals surface area contributed by atoms with E-state index in [9.17, 15) is 5.11 Å². The van der Waals surface area contributed by atoms with E-state index in [1.54, 1.807) is 0 Å². The van der Waals surface area contributed by atoms with E-state index in [0.717, 1.165) is 11.8 Å². The summed E-state index contributed by atoms with van der Waals surface area (Å²) < 4.78 is 0. The third-order valence-electron chi connectivity index (χ3n) is 5.58. The van der Waals surface area contributed by atoms with Crippen molar-refractivity contribution >= 4 is 0 Å². The largest absolute Gasteiger partial charge is 0.392 e. The van der Waals surface area contributed by atoms with Crippen molar-refractivity contribution in [3.8, 4) is 11.8 Å². The topological polar surface area (TPSA) is 20.2 Å². The average Bonchev–Trinajstić information content (AvgIpc) is 2.22. The summed E-state index contributed by atoms with van der Waals surface area (Å²) in [6.07, 6.45) is 8.56. The van der Waals surface area contributed by atoms with Crippen LogP contribution in [-0.2, 0) is 0 Å². The molecule has 4 rings (SSSR count). The molecule has 0 amide bonds. The lowest BCUT2D eigenvalue weighted by molar-refractivity contribution is -0.151. The molecule has 0 radical (unpaired) electrons. The van der Waals surface area contributed by atoms with Gasteiger partial charge in [-0.25, -0.2) is 0 Å². The van der Waals surface area contributed by atoms with Gasteiger partial charge in [0.2, 0.25) is 0 Å². The number of hydrogen-bond donors (Lipinski definition) is 1. The summed E-state index contributed by atoms with van der Waals surface area (Å²) >= 11 is 0. The Bertz CT molecular complexity index is 359. The first-order valence-corrected chi connectivity index (χ1v) is 7.13. The van der Waals surface area contributed by atoms with E-state index >= 15 is 0 Å². The molecule has 0 spiro atoms. The van der Waals surface area contributed by atoms with Gasteiger partial charge in [0, 0.05) is 6.42 Å². The molecule has 1 heteroatoms. The monoisotopic (exact) mass is 232 g/mol. The van der Waals surface area contributed by atoms with Crippen molar-refractivity contribution in [1.82, 2.24) is 0 Å².